The molecule has 0 aliphatic rings. The van der Waals surface area contributed by atoms with Gasteiger partial charge in [-0.25, -0.2) is 0 Å². The molecule has 0 rings (SSSR count). The van der Waals surface area contributed by atoms with Crippen molar-refractivity contribution in [3.63, 3.8) is 0 Å². The van der Waals surface area contributed by atoms with Gasteiger partial charge in [-0.1, -0.05) is 181 Å². The van der Waals surface area contributed by atoms with E-state index in [0.29, 0.717) is 12.8 Å². The van der Waals surface area contributed by atoms with Gasteiger partial charge in [0, 0.05) is 48.9 Å². The predicted octanol–water partition coefficient (Wildman–Crippen LogP) is 10.3. The van der Waals surface area contributed by atoms with Crippen LogP contribution in [-0.4, -0.2) is 86.3 Å². The van der Waals surface area contributed by atoms with Crippen molar-refractivity contribution in [2.45, 2.75) is 194 Å². The molecule has 0 fully saturated rings. The van der Waals surface area contributed by atoms with Crippen molar-refractivity contribution in [3.8, 4) is 0 Å². The zero-order valence-electron chi connectivity index (χ0n) is 27.3. The van der Waals surface area contributed by atoms with Crippen LogP contribution in [0, 0.1) is 0 Å². The van der Waals surface area contributed by atoms with E-state index in [0.717, 1.165) is 25.7 Å². The van der Waals surface area contributed by atoms with E-state index >= 15 is 0 Å². The van der Waals surface area contributed by atoms with Crippen LogP contribution in [0.5, 0.6) is 0 Å². The zero-order valence-corrected chi connectivity index (χ0v) is 33.3. The average Bonchev–Trinajstić information content (AvgIpc) is 2.88. The van der Waals surface area contributed by atoms with Crippen molar-refractivity contribution in [1.82, 2.24) is 0 Å². The Labute approximate surface area is 297 Å². The first-order valence-electron chi connectivity index (χ1n) is 17.0. The van der Waals surface area contributed by atoms with Gasteiger partial charge < -0.3 is 0 Å². The molecule has 0 aliphatic carbocycles. The summed E-state index contributed by atoms with van der Waals surface area (Å²) in [6.07, 6.45) is 34.8. The minimum Gasteiger partial charge on any atom is -0.286 e. The molecule has 9 heteroatoms. The van der Waals surface area contributed by atoms with E-state index < -0.39 is 20.2 Å². The Kier molecular flexibility index (Phi) is 40.9. The summed E-state index contributed by atoms with van der Waals surface area (Å²) in [5.41, 5.74) is 0. The summed E-state index contributed by atoms with van der Waals surface area (Å²) >= 11 is 0. The summed E-state index contributed by atoms with van der Waals surface area (Å²) < 4.78 is 59.2. The maximum absolute atomic E-state index is 10.5. The average molecular weight is 750 g/mol. The van der Waals surface area contributed by atoms with Crippen LogP contribution in [0.15, 0.2) is 0 Å². The molecule has 0 aliphatic heterocycles. The first-order valence-corrected chi connectivity index (χ1v) is 20.2. The third-order valence-electron chi connectivity index (χ3n) is 7.51. The van der Waals surface area contributed by atoms with Crippen LogP contribution < -0.4 is 0 Å². The fourth-order valence-corrected chi connectivity index (χ4v) is 6.10. The van der Waals surface area contributed by atoms with Gasteiger partial charge in [-0.05, 0) is 12.8 Å². The molecular weight excluding hydrogens is 682 g/mol. The van der Waals surface area contributed by atoms with Gasteiger partial charge in [0.15, 0.2) is 0 Å². The van der Waals surface area contributed by atoms with E-state index in [1.54, 1.807) is 0 Å². The molecule has 6 nitrogen and oxygen atoms in total. The van der Waals surface area contributed by atoms with E-state index in [9.17, 15) is 16.8 Å². The van der Waals surface area contributed by atoms with E-state index in [1.165, 1.54) is 141 Å². The number of unbranched alkanes of at least 4 members (excludes halogenated alkanes) is 26. The van der Waals surface area contributed by atoms with Crippen LogP contribution in [-0.2, 0) is 20.2 Å². The quantitative estimate of drug-likeness (QED) is 0.0430. The normalized spacial score (nSPS) is 11.6. The molecule has 0 bridgehead atoms. The Morgan fingerprint density at radius 2 is 0.463 bits per heavy atom. The first kappa shape index (κ1) is 46.8. The summed E-state index contributed by atoms with van der Waals surface area (Å²) in [6, 6.07) is 0. The van der Waals surface area contributed by atoms with Crippen molar-refractivity contribution < 1.29 is 25.9 Å². The molecule has 246 valence electrons. The molecular formula is C32H68BaO6S2. The molecule has 0 saturated heterocycles. The standard InChI is InChI=1S/2C16H34O3S.Ba/c2*1-2-3-4-5-6-7-8-9-10-11-12-13-14-15-16-20(17,18)19;/h2*2-16H2,1H3,(H,17,18,19);. The van der Waals surface area contributed by atoms with Crippen molar-refractivity contribution in [2.75, 3.05) is 11.5 Å². The molecule has 0 heterocycles. The Bertz CT molecular complexity index is 639. The second kappa shape index (κ2) is 35.9. The zero-order chi connectivity index (χ0) is 30.2. The number of hydrogen-bond acceptors (Lipinski definition) is 4. The van der Waals surface area contributed by atoms with Crippen molar-refractivity contribution in [3.05, 3.63) is 0 Å². The number of rotatable bonds is 30. The second-order valence-electron chi connectivity index (χ2n) is 11.8. The molecule has 0 spiro atoms. The second-order valence-corrected chi connectivity index (χ2v) is 14.9. The van der Waals surface area contributed by atoms with Crippen LogP contribution in [0.4, 0.5) is 0 Å². The first-order chi connectivity index (χ1) is 19.1. The van der Waals surface area contributed by atoms with Gasteiger partial charge in [0.1, 0.15) is 0 Å². The molecule has 2 radical (unpaired) electrons. The molecule has 0 aromatic rings. The van der Waals surface area contributed by atoms with Gasteiger partial charge in [-0.15, -0.1) is 0 Å². The van der Waals surface area contributed by atoms with Crippen LogP contribution in [0.25, 0.3) is 0 Å². The third kappa shape index (κ3) is 51.3. The van der Waals surface area contributed by atoms with Gasteiger partial charge >= 0.3 is 0 Å². The molecule has 0 amide bonds. The summed E-state index contributed by atoms with van der Waals surface area (Å²) in [4.78, 5) is 0. The van der Waals surface area contributed by atoms with Gasteiger partial charge in [-0.2, -0.15) is 16.8 Å². The molecule has 0 aromatic carbocycles. The summed E-state index contributed by atoms with van der Waals surface area (Å²) in [5, 5.41) is 0. The maximum atomic E-state index is 10.5. The summed E-state index contributed by atoms with van der Waals surface area (Å²) in [6.45, 7) is 4.51. The topological polar surface area (TPSA) is 109 Å². The molecule has 0 atom stereocenters. The maximum Gasteiger partial charge on any atom is 0.264 e. The predicted molar refractivity (Wildman–Crippen MR) is 179 cm³/mol. The number of hydrogen-bond donors (Lipinski definition) is 2. The van der Waals surface area contributed by atoms with E-state index in [1.807, 2.05) is 0 Å². The molecule has 0 saturated carbocycles. The van der Waals surface area contributed by atoms with Gasteiger partial charge in [0.2, 0.25) is 0 Å². The van der Waals surface area contributed by atoms with Crippen LogP contribution in [0.1, 0.15) is 194 Å². The summed E-state index contributed by atoms with van der Waals surface area (Å²) in [5.74, 6) is -0.157. The van der Waals surface area contributed by atoms with Crippen molar-refractivity contribution in [1.29, 1.82) is 0 Å². The van der Waals surface area contributed by atoms with Crippen LogP contribution >= 0.6 is 0 Å². The SMILES string of the molecule is CCCCCCCCCCCCCCCCS(=O)(=O)O.CCCCCCCCCCCCCCCCS(=O)(=O)O.[Ba]. The largest absolute Gasteiger partial charge is 0.286 e. The minimum atomic E-state index is -3.74. The monoisotopic (exact) mass is 750 g/mol. The molecule has 41 heavy (non-hydrogen) atoms. The van der Waals surface area contributed by atoms with Crippen molar-refractivity contribution in [2.24, 2.45) is 0 Å². The summed E-state index contributed by atoms with van der Waals surface area (Å²) in [7, 11) is -7.48. The smallest absolute Gasteiger partial charge is 0.264 e. The third-order valence-corrected chi connectivity index (χ3v) is 9.12. The Morgan fingerprint density at radius 3 is 0.610 bits per heavy atom. The van der Waals surface area contributed by atoms with Gasteiger partial charge in [0.05, 0.1) is 11.5 Å². The fourth-order valence-electron chi connectivity index (χ4n) is 4.96. The molecule has 0 unspecified atom stereocenters. The van der Waals surface area contributed by atoms with E-state index in [4.69, 9.17) is 9.11 Å². The van der Waals surface area contributed by atoms with E-state index in [-0.39, 0.29) is 60.4 Å². The van der Waals surface area contributed by atoms with Gasteiger partial charge in [0.25, 0.3) is 20.2 Å². The van der Waals surface area contributed by atoms with Crippen molar-refractivity contribution >= 4 is 69.1 Å². The molecule has 2 N–H and O–H groups in total. The minimum absolute atomic E-state index is 0. The van der Waals surface area contributed by atoms with E-state index in [2.05, 4.69) is 13.8 Å². The Hall–Kier alpha value is 1.39. The fraction of sp³-hybridized carbons (Fsp3) is 1.00. The van der Waals surface area contributed by atoms with Crippen LogP contribution in [0.2, 0.25) is 0 Å². The Balaban J connectivity index is -0.000000688. The molecule has 0 aromatic heterocycles. The van der Waals surface area contributed by atoms with Gasteiger partial charge in [-0.3, -0.25) is 9.11 Å². The Morgan fingerprint density at radius 1 is 0.317 bits per heavy atom. The van der Waals surface area contributed by atoms with Crippen LogP contribution in [0.3, 0.4) is 0 Å².